The second-order valence-corrected chi connectivity index (χ2v) is 9.10. The number of nitrogens with two attached hydrogens (primary N) is 1. The number of aliphatic hydroxyl groups excluding tert-OH is 1. The van der Waals surface area contributed by atoms with Crippen LogP contribution in [0.5, 0.6) is 5.75 Å². The molecule has 0 fully saturated rings. The highest BCUT2D eigenvalue weighted by Crippen LogP contribution is 2.20. The quantitative estimate of drug-likeness (QED) is 0.131. The fourth-order valence-corrected chi connectivity index (χ4v) is 3.81. The van der Waals surface area contributed by atoms with Crippen molar-refractivity contribution < 1.29 is 29.3 Å². The minimum atomic E-state index is -1.02. The molecule has 0 aliphatic carbocycles. The zero-order chi connectivity index (χ0) is 25.9. The van der Waals surface area contributed by atoms with E-state index in [-0.39, 0.29) is 18.5 Å². The minimum absolute atomic E-state index is 0.138. The number of aliphatic carboxylic acids is 1. The van der Waals surface area contributed by atoms with Gasteiger partial charge >= 0.3 is 11.9 Å². The first-order valence-corrected chi connectivity index (χ1v) is 13.0. The summed E-state index contributed by atoms with van der Waals surface area (Å²) >= 11 is 0. The second-order valence-electron chi connectivity index (χ2n) is 9.10. The Morgan fingerprint density at radius 3 is 2.34 bits per heavy atom. The highest BCUT2D eigenvalue weighted by atomic mass is 16.5. The number of carboxylic acid groups (broad SMARTS) is 1. The van der Waals surface area contributed by atoms with Gasteiger partial charge in [0.05, 0.1) is 13.2 Å². The van der Waals surface area contributed by atoms with Crippen molar-refractivity contribution in [2.75, 3.05) is 7.11 Å². The summed E-state index contributed by atoms with van der Waals surface area (Å²) in [6.07, 6.45) is 14.8. The van der Waals surface area contributed by atoms with E-state index in [4.69, 9.17) is 15.6 Å². The molecule has 7 heteroatoms. The number of ether oxygens (including phenoxy) is 2. The lowest BCUT2D eigenvalue weighted by atomic mass is 10.0. The zero-order valence-electron chi connectivity index (χ0n) is 21.5. The van der Waals surface area contributed by atoms with Crippen LogP contribution in [0.3, 0.4) is 0 Å². The van der Waals surface area contributed by atoms with Gasteiger partial charge in [-0.3, -0.25) is 9.59 Å². The second kappa shape index (κ2) is 18.9. The third-order valence-electron chi connectivity index (χ3n) is 6.03. The first-order valence-electron chi connectivity index (χ1n) is 13.0. The van der Waals surface area contributed by atoms with Crippen molar-refractivity contribution >= 4 is 11.9 Å². The van der Waals surface area contributed by atoms with Gasteiger partial charge in [-0.2, -0.15) is 0 Å². The standard InChI is InChI=1S/C28H45NO6/c1-3-4-11-15-26(35-23-19-17-22(18-20-23)21-24(29)28(32)33)25(30)14-12-9-7-5-6-8-10-13-16-27(31)34-2/h9,12,17-20,24-26,30H,3-8,10-11,13-16,21,29H2,1-2H3,(H,32,33)/b12-9-. The number of methoxy groups -OCH3 is 1. The topological polar surface area (TPSA) is 119 Å². The zero-order valence-corrected chi connectivity index (χ0v) is 21.5. The summed E-state index contributed by atoms with van der Waals surface area (Å²) in [6, 6.07) is 6.34. The molecule has 0 aliphatic heterocycles. The molecule has 1 rings (SSSR count). The van der Waals surface area contributed by atoms with Crippen LogP contribution in [0.25, 0.3) is 0 Å². The number of aliphatic hydroxyl groups is 1. The first kappa shape index (κ1) is 30.7. The Morgan fingerprint density at radius 2 is 1.69 bits per heavy atom. The summed E-state index contributed by atoms with van der Waals surface area (Å²) in [6.45, 7) is 2.15. The molecule has 0 saturated carbocycles. The molecule has 0 aliphatic rings. The van der Waals surface area contributed by atoms with Crippen LogP contribution in [0.15, 0.2) is 36.4 Å². The van der Waals surface area contributed by atoms with Crippen LogP contribution < -0.4 is 10.5 Å². The predicted octanol–water partition coefficient (Wildman–Crippen LogP) is 5.18. The maximum atomic E-state index is 11.1. The van der Waals surface area contributed by atoms with Gasteiger partial charge in [-0.25, -0.2) is 0 Å². The van der Waals surface area contributed by atoms with Crippen molar-refractivity contribution in [3.63, 3.8) is 0 Å². The van der Waals surface area contributed by atoms with Crippen molar-refractivity contribution in [3.05, 3.63) is 42.0 Å². The Bertz CT molecular complexity index is 733. The molecule has 0 spiro atoms. The van der Waals surface area contributed by atoms with E-state index in [2.05, 4.69) is 17.7 Å². The number of rotatable bonds is 20. The molecule has 0 heterocycles. The molecule has 198 valence electrons. The average molecular weight is 492 g/mol. The van der Waals surface area contributed by atoms with Crippen molar-refractivity contribution in [2.24, 2.45) is 5.73 Å². The maximum Gasteiger partial charge on any atom is 0.320 e. The number of hydrogen-bond acceptors (Lipinski definition) is 6. The molecule has 35 heavy (non-hydrogen) atoms. The SMILES string of the molecule is CCCCCC(Oc1ccc(CC(N)C(=O)O)cc1)C(O)C/C=C\CCCCCCCC(=O)OC. The van der Waals surface area contributed by atoms with Gasteiger partial charge in [0.2, 0.25) is 0 Å². The molecule has 4 N–H and O–H groups in total. The number of unbranched alkanes of at least 4 members (excludes halogenated alkanes) is 7. The molecule has 0 amide bonds. The van der Waals surface area contributed by atoms with Crippen LogP contribution in [0, 0.1) is 0 Å². The maximum absolute atomic E-state index is 11.1. The minimum Gasteiger partial charge on any atom is -0.488 e. The van der Waals surface area contributed by atoms with Crippen LogP contribution in [0.1, 0.15) is 89.5 Å². The van der Waals surface area contributed by atoms with Gasteiger partial charge < -0.3 is 25.4 Å². The lowest BCUT2D eigenvalue weighted by molar-refractivity contribution is -0.141. The monoisotopic (exact) mass is 491 g/mol. The van der Waals surface area contributed by atoms with E-state index in [1.165, 1.54) is 7.11 Å². The summed E-state index contributed by atoms with van der Waals surface area (Å²) in [5.41, 5.74) is 6.44. The number of esters is 1. The van der Waals surface area contributed by atoms with Crippen molar-refractivity contribution in [1.82, 2.24) is 0 Å². The smallest absolute Gasteiger partial charge is 0.320 e. The Morgan fingerprint density at radius 1 is 1.00 bits per heavy atom. The largest absolute Gasteiger partial charge is 0.488 e. The Balaban J connectivity index is 2.43. The van der Waals surface area contributed by atoms with E-state index >= 15 is 0 Å². The Labute approximate surface area is 210 Å². The molecule has 0 aromatic heterocycles. The van der Waals surface area contributed by atoms with E-state index in [0.29, 0.717) is 18.6 Å². The molecule has 7 nitrogen and oxygen atoms in total. The third-order valence-corrected chi connectivity index (χ3v) is 6.03. The van der Waals surface area contributed by atoms with Crippen LogP contribution in [0.2, 0.25) is 0 Å². The van der Waals surface area contributed by atoms with Gasteiger partial charge in [-0.15, -0.1) is 0 Å². The predicted molar refractivity (Wildman–Crippen MR) is 138 cm³/mol. The molecule has 0 saturated heterocycles. The highest BCUT2D eigenvalue weighted by molar-refractivity contribution is 5.73. The van der Waals surface area contributed by atoms with Crippen molar-refractivity contribution in [2.45, 2.75) is 109 Å². The van der Waals surface area contributed by atoms with E-state index < -0.39 is 18.1 Å². The Hall–Kier alpha value is -2.38. The van der Waals surface area contributed by atoms with Crippen LogP contribution in [-0.4, -0.2) is 47.5 Å². The lowest BCUT2D eigenvalue weighted by Gasteiger charge is -2.24. The van der Waals surface area contributed by atoms with Crippen LogP contribution in [0.4, 0.5) is 0 Å². The number of allylic oxidation sites excluding steroid dienone is 1. The average Bonchev–Trinajstić information content (AvgIpc) is 2.85. The molecular weight excluding hydrogens is 446 g/mol. The van der Waals surface area contributed by atoms with Gasteiger partial charge in [0.1, 0.15) is 17.9 Å². The van der Waals surface area contributed by atoms with Crippen LogP contribution >= 0.6 is 0 Å². The fourth-order valence-electron chi connectivity index (χ4n) is 3.81. The highest BCUT2D eigenvalue weighted by Gasteiger charge is 2.20. The van der Waals surface area contributed by atoms with Gasteiger partial charge in [0.25, 0.3) is 0 Å². The van der Waals surface area contributed by atoms with Gasteiger partial charge in [-0.1, -0.05) is 63.3 Å². The molecule has 1 aromatic rings. The number of hydrogen-bond donors (Lipinski definition) is 3. The Kier molecular flexibility index (Phi) is 16.5. The molecule has 0 bridgehead atoms. The number of carbonyl (C=O) groups is 2. The van der Waals surface area contributed by atoms with Gasteiger partial charge in [-0.05, 0) is 62.6 Å². The van der Waals surface area contributed by atoms with Gasteiger partial charge in [0.15, 0.2) is 0 Å². The van der Waals surface area contributed by atoms with Crippen molar-refractivity contribution in [3.8, 4) is 5.75 Å². The fraction of sp³-hybridized carbons (Fsp3) is 0.643. The van der Waals surface area contributed by atoms with E-state index in [1.54, 1.807) is 0 Å². The molecule has 0 radical (unpaired) electrons. The molecule has 3 atom stereocenters. The number of carbonyl (C=O) groups excluding carboxylic acids is 1. The first-order chi connectivity index (χ1) is 16.9. The summed E-state index contributed by atoms with van der Waals surface area (Å²) in [5, 5.41) is 19.7. The summed E-state index contributed by atoms with van der Waals surface area (Å²) in [7, 11) is 1.42. The number of carboxylic acids is 1. The summed E-state index contributed by atoms with van der Waals surface area (Å²) in [4.78, 5) is 22.0. The normalized spacial score (nSPS) is 13.9. The van der Waals surface area contributed by atoms with E-state index in [0.717, 1.165) is 69.8 Å². The summed E-state index contributed by atoms with van der Waals surface area (Å²) in [5.74, 6) is -0.497. The molecule has 1 aromatic carbocycles. The van der Waals surface area contributed by atoms with Crippen molar-refractivity contribution in [1.29, 1.82) is 0 Å². The number of benzene rings is 1. The lowest BCUT2D eigenvalue weighted by Crippen LogP contribution is -2.32. The van der Waals surface area contributed by atoms with E-state index in [1.807, 2.05) is 30.3 Å². The molecular formula is C28H45NO6. The third kappa shape index (κ3) is 14.6. The van der Waals surface area contributed by atoms with E-state index in [9.17, 15) is 14.7 Å². The molecule has 3 unspecified atom stereocenters. The summed E-state index contributed by atoms with van der Waals surface area (Å²) < 4.78 is 10.8. The van der Waals surface area contributed by atoms with Crippen LogP contribution in [-0.2, 0) is 20.7 Å². The van der Waals surface area contributed by atoms with Gasteiger partial charge in [0, 0.05) is 6.42 Å².